The first-order valence-electron chi connectivity index (χ1n) is 5.86. The van der Waals surface area contributed by atoms with Gasteiger partial charge in [0.25, 0.3) is 5.54 Å². The molecular formula is C15H13BBr2. The maximum Gasteiger partial charge on any atom is 0.253 e. The van der Waals surface area contributed by atoms with Crippen LogP contribution in [-0.4, -0.2) is 5.54 Å². The van der Waals surface area contributed by atoms with Crippen LogP contribution in [0.15, 0.2) is 66.6 Å². The van der Waals surface area contributed by atoms with Crippen LogP contribution < -0.4 is 0 Å². The first kappa shape index (κ1) is 13.6. The third-order valence-electron chi connectivity index (χ3n) is 2.65. The summed E-state index contributed by atoms with van der Waals surface area (Å²) in [7, 11) is 0. The molecule has 0 bridgehead atoms. The molecule has 2 aromatic carbocycles. The van der Waals surface area contributed by atoms with Gasteiger partial charge in [0.05, 0.1) is 0 Å². The van der Waals surface area contributed by atoms with E-state index in [2.05, 4.69) is 74.1 Å². The van der Waals surface area contributed by atoms with Crippen molar-refractivity contribution >= 4 is 41.7 Å². The quantitative estimate of drug-likeness (QED) is 0.660. The number of benzene rings is 2. The van der Waals surface area contributed by atoms with Gasteiger partial charge in [0.2, 0.25) is 0 Å². The molecule has 2 rings (SSSR count). The van der Waals surface area contributed by atoms with E-state index in [1.807, 2.05) is 24.3 Å². The van der Waals surface area contributed by atoms with Crippen molar-refractivity contribution < 1.29 is 0 Å². The van der Waals surface area contributed by atoms with Gasteiger partial charge >= 0.3 is 0 Å². The average molecular weight is 364 g/mol. The smallest absolute Gasteiger partial charge is 0.150 e. The Balaban J connectivity index is 2.04. The van der Waals surface area contributed by atoms with Crippen molar-refractivity contribution in [1.82, 2.24) is 0 Å². The van der Waals surface area contributed by atoms with Gasteiger partial charge in [-0.3, -0.25) is 0 Å². The highest BCUT2D eigenvalue weighted by Gasteiger charge is 2.08. The normalized spacial score (nSPS) is 11.3. The molecule has 3 heteroatoms. The summed E-state index contributed by atoms with van der Waals surface area (Å²) in [5.74, 6) is 2.20. The molecule has 0 amide bonds. The average Bonchev–Trinajstić information content (AvgIpc) is 2.40. The maximum absolute atomic E-state index is 3.71. The van der Waals surface area contributed by atoms with Gasteiger partial charge in [-0.1, -0.05) is 88.1 Å². The van der Waals surface area contributed by atoms with Crippen molar-refractivity contribution in [3.63, 3.8) is 0 Å². The zero-order valence-electron chi connectivity index (χ0n) is 9.89. The Morgan fingerprint density at radius 3 is 2.11 bits per heavy atom. The van der Waals surface area contributed by atoms with Crippen LogP contribution in [0, 0.1) is 0 Å². The van der Waals surface area contributed by atoms with Crippen molar-refractivity contribution in [3.8, 4) is 0 Å². The molecule has 90 valence electrons. The summed E-state index contributed by atoms with van der Waals surface area (Å²) in [6.45, 7) is 0. The van der Waals surface area contributed by atoms with E-state index >= 15 is 0 Å². The fourth-order valence-electron chi connectivity index (χ4n) is 1.75. The first-order chi connectivity index (χ1) is 8.75. The summed E-state index contributed by atoms with van der Waals surface area (Å²) in [5, 5.41) is 0. The van der Waals surface area contributed by atoms with Gasteiger partial charge in [-0.2, -0.15) is 15.8 Å². The second kappa shape index (κ2) is 6.96. The summed E-state index contributed by atoms with van der Waals surface area (Å²) in [5.41, 5.74) is 2.87. The van der Waals surface area contributed by atoms with Crippen LogP contribution in [0.4, 0.5) is 0 Å². The third-order valence-corrected chi connectivity index (χ3v) is 3.96. The summed E-state index contributed by atoms with van der Waals surface area (Å²) >= 11 is 7.34. The second-order valence-corrected chi connectivity index (χ2v) is 6.12. The monoisotopic (exact) mass is 362 g/mol. The van der Waals surface area contributed by atoms with Crippen molar-refractivity contribution in [2.24, 2.45) is 0 Å². The summed E-state index contributed by atoms with van der Waals surface area (Å²) < 4.78 is 1.13. The minimum atomic E-state index is 0.328. The standard InChI is InChI=1S/C15H13BBr2/c17-15(14-9-5-2-6-10-14)12-16(18)11-13-7-3-1-4-8-13/h1-10,12H,11H2/b15-12-. The molecule has 0 N–H and O–H groups in total. The van der Waals surface area contributed by atoms with Crippen LogP contribution in [0.1, 0.15) is 11.1 Å². The van der Waals surface area contributed by atoms with Crippen LogP contribution >= 0.6 is 31.7 Å². The molecule has 0 heterocycles. The highest BCUT2D eigenvalue weighted by Crippen LogP contribution is 2.22. The lowest BCUT2D eigenvalue weighted by atomic mass is 9.71. The summed E-state index contributed by atoms with van der Waals surface area (Å²) in [6, 6.07) is 20.8. The van der Waals surface area contributed by atoms with Crippen molar-refractivity contribution in [3.05, 3.63) is 77.8 Å². The fraction of sp³-hybridized carbons (Fsp3) is 0.0667. The van der Waals surface area contributed by atoms with Gasteiger partial charge < -0.3 is 0 Å². The molecule has 0 spiro atoms. The van der Waals surface area contributed by atoms with E-state index in [0.717, 1.165) is 10.8 Å². The topological polar surface area (TPSA) is 0 Å². The molecular weight excluding hydrogens is 351 g/mol. The van der Waals surface area contributed by atoms with Crippen LogP contribution in [-0.2, 0) is 6.32 Å². The van der Waals surface area contributed by atoms with Crippen molar-refractivity contribution in [2.75, 3.05) is 0 Å². The number of hydrogen-bond donors (Lipinski definition) is 0. The number of rotatable bonds is 4. The van der Waals surface area contributed by atoms with Crippen LogP contribution in [0.3, 0.4) is 0 Å². The van der Waals surface area contributed by atoms with Crippen molar-refractivity contribution in [1.29, 1.82) is 0 Å². The van der Waals surface area contributed by atoms with Gasteiger partial charge in [-0.15, -0.1) is 0 Å². The Labute approximate surface area is 125 Å². The molecule has 0 nitrogen and oxygen atoms in total. The Morgan fingerprint density at radius 2 is 1.50 bits per heavy atom. The van der Waals surface area contributed by atoms with E-state index in [0.29, 0.717) is 5.54 Å². The molecule has 0 aromatic heterocycles. The minimum absolute atomic E-state index is 0.328. The summed E-state index contributed by atoms with van der Waals surface area (Å²) in [4.78, 5) is 0. The maximum atomic E-state index is 3.71. The highest BCUT2D eigenvalue weighted by molar-refractivity contribution is 9.24. The molecule has 2 aromatic rings. The zero-order chi connectivity index (χ0) is 12.8. The van der Waals surface area contributed by atoms with Crippen LogP contribution in [0.25, 0.3) is 4.48 Å². The van der Waals surface area contributed by atoms with Crippen LogP contribution in [0.5, 0.6) is 0 Å². The lowest BCUT2D eigenvalue weighted by molar-refractivity contribution is 1.39. The van der Waals surface area contributed by atoms with E-state index in [4.69, 9.17) is 0 Å². The lowest BCUT2D eigenvalue weighted by Crippen LogP contribution is -2.05. The molecule has 0 saturated heterocycles. The first-order valence-corrected chi connectivity index (χ1v) is 7.57. The lowest BCUT2D eigenvalue weighted by Gasteiger charge is -2.04. The molecule has 0 saturated carbocycles. The van der Waals surface area contributed by atoms with Gasteiger partial charge in [0, 0.05) is 4.48 Å². The van der Waals surface area contributed by atoms with E-state index in [1.165, 1.54) is 11.1 Å². The van der Waals surface area contributed by atoms with E-state index in [-0.39, 0.29) is 0 Å². The Kier molecular flexibility index (Phi) is 5.27. The number of halogens is 2. The molecule has 0 unspecified atom stereocenters. The molecule has 0 aliphatic carbocycles. The van der Waals surface area contributed by atoms with E-state index < -0.39 is 0 Å². The Bertz CT molecular complexity index is 509. The van der Waals surface area contributed by atoms with E-state index in [1.54, 1.807) is 0 Å². The summed E-state index contributed by atoms with van der Waals surface area (Å²) in [6.07, 6.45) is 0.989. The van der Waals surface area contributed by atoms with Crippen molar-refractivity contribution in [2.45, 2.75) is 6.32 Å². The zero-order valence-corrected chi connectivity index (χ0v) is 13.1. The SMILES string of the molecule is BrB(/C=C(\Br)c1ccccc1)Cc1ccccc1. The minimum Gasteiger partial charge on any atom is -0.150 e. The molecule has 18 heavy (non-hydrogen) atoms. The molecule has 0 aliphatic rings. The predicted molar refractivity (Wildman–Crippen MR) is 88.2 cm³/mol. The van der Waals surface area contributed by atoms with Gasteiger partial charge in [-0.25, -0.2) is 0 Å². The van der Waals surface area contributed by atoms with Crippen LogP contribution in [0.2, 0.25) is 0 Å². The molecule has 0 radical (unpaired) electrons. The largest absolute Gasteiger partial charge is 0.253 e. The van der Waals surface area contributed by atoms with E-state index in [9.17, 15) is 0 Å². The van der Waals surface area contributed by atoms with Gasteiger partial charge in [0.1, 0.15) is 0 Å². The molecule has 0 fully saturated rings. The molecule has 0 aliphatic heterocycles. The van der Waals surface area contributed by atoms with Gasteiger partial charge in [-0.05, 0) is 11.9 Å². The number of hydrogen-bond acceptors (Lipinski definition) is 0. The second-order valence-electron chi connectivity index (χ2n) is 4.09. The van der Waals surface area contributed by atoms with Gasteiger partial charge in [0.15, 0.2) is 0 Å². The Morgan fingerprint density at radius 1 is 0.944 bits per heavy atom. The molecule has 0 atom stereocenters. The Hall–Kier alpha value is -0.795. The fourth-order valence-corrected chi connectivity index (χ4v) is 3.33. The highest BCUT2D eigenvalue weighted by atomic mass is 79.9. The predicted octanol–water partition coefficient (Wildman–Crippen LogP) is 5.13. The third kappa shape index (κ3) is 4.15.